The Morgan fingerprint density at radius 3 is 2.56 bits per heavy atom. The predicted molar refractivity (Wildman–Crippen MR) is 151 cm³/mol. The van der Waals surface area contributed by atoms with Crippen LogP contribution in [0.25, 0.3) is 5.57 Å². The molecule has 0 fully saturated rings. The first-order chi connectivity index (χ1) is 18.3. The number of nitro benzene ring substituents is 1. The van der Waals surface area contributed by atoms with Gasteiger partial charge in [0.2, 0.25) is 9.84 Å². The highest BCUT2D eigenvalue weighted by atomic mass is 79.9. The van der Waals surface area contributed by atoms with Gasteiger partial charge in [0, 0.05) is 23.9 Å². The Bertz CT molecular complexity index is 1750. The Kier molecular flexibility index (Phi) is 6.78. The van der Waals surface area contributed by atoms with Crippen molar-refractivity contribution in [3.05, 3.63) is 106 Å². The molecule has 3 aromatic rings. The van der Waals surface area contributed by atoms with Gasteiger partial charge in [-0.15, -0.1) is 0 Å². The summed E-state index contributed by atoms with van der Waals surface area (Å²) in [4.78, 5) is 10.3. The van der Waals surface area contributed by atoms with Crippen LogP contribution in [0.4, 0.5) is 20.0 Å². The quantitative estimate of drug-likeness (QED) is 0.115. The summed E-state index contributed by atoms with van der Waals surface area (Å²) in [6, 6.07) is 13.3. The lowest BCUT2D eigenvalue weighted by atomic mass is 9.86. The van der Waals surface area contributed by atoms with Crippen LogP contribution in [0.3, 0.4) is 0 Å². The molecule has 0 radical (unpaired) electrons. The highest BCUT2D eigenvalue weighted by Gasteiger charge is 2.51. The topological polar surface area (TPSA) is 110 Å². The minimum Gasteiger partial charge on any atom is -0.396 e. The minimum atomic E-state index is -4.33. The number of alkyl halides is 3. The maximum absolute atomic E-state index is 15.0. The average molecular weight is 657 g/mol. The lowest BCUT2D eigenvalue weighted by Gasteiger charge is -2.30. The van der Waals surface area contributed by atoms with E-state index < -0.39 is 34.9 Å². The van der Waals surface area contributed by atoms with Gasteiger partial charge in [-0.3, -0.25) is 15.5 Å². The van der Waals surface area contributed by atoms with Crippen molar-refractivity contribution >= 4 is 85.3 Å². The van der Waals surface area contributed by atoms with Crippen LogP contribution < -0.4 is 5.43 Å². The van der Waals surface area contributed by atoms with Gasteiger partial charge >= 0.3 is 6.97 Å². The number of nitrogens with zero attached hydrogens (tertiary/aromatic N) is 4. The Balaban J connectivity index is 1.39. The average Bonchev–Trinajstić information content (AvgIpc) is 3.56. The normalized spacial score (nSPS) is 16.3. The minimum absolute atomic E-state index is 0.0711. The van der Waals surface area contributed by atoms with Crippen LogP contribution in [0.5, 0.6) is 0 Å². The Morgan fingerprint density at radius 1 is 1.18 bits per heavy atom. The largest absolute Gasteiger partial charge is 0.737 e. The Hall–Kier alpha value is -3.33. The number of fused-ring (bicyclic) bond motifs is 2. The van der Waals surface area contributed by atoms with E-state index in [4.69, 9.17) is 23.2 Å². The third-order valence-electron chi connectivity index (χ3n) is 6.12. The lowest BCUT2D eigenvalue weighted by Crippen LogP contribution is -2.49. The van der Waals surface area contributed by atoms with Crippen molar-refractivity contribution in [1.29, 1.82) is 0 Å². The van der Waals surface area contributed by atoms with E-state index in [0.717, 1.165) is 21.1 Å². The second kappa shape index (κ2) is 9.70. The van der Waals surface area contributed by atoms with Crippen molar-refractivity contribution in [1.82, 2.24) is 4.48 Å². The fraction of sp³-hybridized carbons (Fsp3) is 0.0435. The van der Waals surface area contributed by atoms with Crippen LogP contribution in [-0.4, -0.2) is 44.3 Å². The first kappa shape index (κ1) is 27.2. The number of hydrogen-bond acceptors (Lipinski definition) is 6. The van der Waals surface area contributed by atoms with Gasteiger partial charge in [-0.05, 0) is 57.5 Å². The fourth-order valence-corrected chi connectivity index (χ4v) is 6.16. The van der Waals surface area contributed by atoms with Gasteiger partial charge in [0.05, 0.1) is 21.6 Å². The van der Waals surface area contributed by atoms with E-state index in [9.17, 15) is 27.2 Å². The lowest BCUT2D eigenvalue weighted by molar-refractivity contribution is -0.384. The summed E-state index contributed by atoms with van der Waals surface area (Å²) in [7, 11) is -4.33. The third-order valence-corrected chi connectivity index (χ3v) is 10.1. The summed E-state index contributed by atoms with van der Waals surface area (Å²) in [5.41, 5.74) is 4.65. The number of rotatable bonds is 7. The summed E-state index contributed by atoms with van der Waals surface area (Å²) in [5, 5.41) is 15.5. The molecular weight excluding hydrogens is 642 g/mol. The van der Waals surface area contributed by atoms with E-state index in [1.54, 1.807) is 48.6 Å². The summed E-state index contributed by atoms with van der Waals surface area (Å²) in [6.45, 7) is -3.99. The Morgan fingerprint density at radius 2 is 1.90 bits per heavy atom. The van der Waals surface area contributed by atoms with Crippen molar-refractivity contribution in [2.75, 3.05) is 5.43 Å². The second-order valence-electron chi connectivity index (χ2n) is 8.44. The number of nitrogens with one attached hydrogen (secondary N) is 1. The second-order valence-corrected chi connectivity index (χ2v) is 14.9. The molecule has 9 nitrogen and oxygen atoms in total. The van der Waals surface area contributed by atoms with Gasteiger partial charge < -0.3 is 17.6 Å². The number of halogens is 5. The highest BCUT2D eigenvalue weighted by Crippen LogP contribution is 2.41. The van der Waals surface area contributed by atoms with Gasteiger partial charge in [0.15, 0.2) is 5.70 Å². The van der Waals surface area contributed by atoms with Gasteiger partial charge in [-0.2, -0.15) is 5.10 Å². The molecule has 3 heterocycles. The maximum atomic E-state index is 15.0. The molecule has 0 aliphatic carbocycles. The van der Waals surface area contributed by atoms with E-state index in [-0.39, 0.29) is 5.69 Å². The van der Waals surface area contributed by atoms with E-state index in [1.807, 2.05) is 0 Å². The van der Waals surface area contributed by atoms with E-state index in [1.165, 1.54) is 24.7 Å². The SMILES string of the molecule is O=[N+]([O-])c1cc(S(=O)(=O)C(Cl)(Cl)Br)ccc1N/N=C\c1ccc(C2=C3C=CC=[N+]3[B-](F)(F)n3cccc32)cc1. The third kappa shape index (κ3) is 4.71. The molecule has 200 valence electrons. The van der Waals surface area contributed by atoms with Crippen LogP contribution >= 0.6 is 39.1 Å². The van der Waals surface area contributed by atoms with Crippen molar-refractivity contribution in [2.45, 2.75) is 7.47 Å². The number of sulfone groups is 1. The molecule has 0 unspecified atom stereocenters. The monoisotopic (exact) mass is 655 g/mol. The number of hydrazone groups is 1. The Labute approximate surface area is 239 Å². The molecular formula is C23H15BBrCl2F2N5O4S. The van der Waals surface area contributed by atoms with Crippen LogP contribution in [0.2, 0.25) is 0 Å². The first-order valence-electron chi connectivity index (χ1n) is 11.1. The molecule has 2 aliphatic rings. The molecule has 16 heteroatoms. The summed E-state index contributed by atoms with van der Waals surface area (Å²) >= 11 is 13.9. The van der Waals surface area contributed by atoms with Gasteiger partial charge in [-0.25, -0.2) is 8.42 Å². The van der Waals surface area contributed by atoms with Crippen LogP contribution in [0.1, 0.15) is 16.8 Å². The van der Waals surface area contributed by atoms with Gasteiger partial charge in [0.1, 0.15) is 11.9 Å². The van der Waals surface area contributed by atoms with Gasteiger partial charge in [0.25, 0.3) is 8.26 Å². The smallest absolute Gasteiger partial charge is 0.396 e. The number of anilines is 1. The molecule has 2 aromatic carbocycles. The predicted octanol–water partition coefficient (Wildman–Crippen LogP) is 5.75. The zero-order chi connectivity index (χ0) is 28.2. The molecule has 0 saturated heterocycles. The maximum Gasteiger partial charge on any atom is 0.737 e. The molecule has 0 spiro atoms. The molecule has 1 N–H and O–H groups in total. The van der Waals surface area contributed by atoms with E-state index in [2.05, 4.69) is 26.5 Å². The molecule has 1 aromatic heterocycles. The molecule has 5 rings (SSSR count). The highest BCUT2D eigenvalue weighted by molar-refractivity contribution is 9.12. The summed E-state index contributed by atoms with van der Waals surface area (Å²) in [5.74, 6) is 0. The summed E-state index contributed by atoms with van der Waals surface area (Å²) < 4.78 is 54.3. The van der Waals surface area contributed by atoms with Crippen LogP contribution in [-0.2, 0) is 9.84 Å². The molecule has 0 amide bonds. The number of hydrogen-bond donors (Lipinski definition) is 1. The van der Waals surface area contributed by atoms with Gasteiger partial charge in [-0.1, -0.05) is 47.5 Å². The zero-order valence-electron chi connectivity index (χ0n) is 19.4. The van der Waals surface area contributed by atoms with Crippen molar-refractivity contribution in [3.8, 4) is 0 Å². The van der Waals surface area contributed by atoms with E-state index >= 15 is 0 Å². The first-order valence-corrected chi connectivity index (χ1v) is 14.1. The van der Waals surface area contributed by atoms with E-state index in [0.29, 0.717) is 28.1 Å². The molecule has 39 heavy (non-hydrogen) atoms. The molecule has 2 aliphatic heterocycles. The number of benzene rings is 2. The number of aromatic nitrogens is 1. The number of nitro groups is 1. The summed E-state index contributed by atoms with van der Waals surface area (Å²) in [6.07, 6.45) is 7.32. The molecule has 0 bridgehead atoms. The standard InChI is InChI=1S/C23H15BBrCl2F2N5O4S/c25-23(26,27)39(37,38)17-9-10-18(21(13-17)34(35)36)31-30-14-15-5-7-16(8-6-15)22-19-3-1-11-32(19)24(28,29)33-12-2-4-20(22)33/h1-14,31H/b30-14-. The molecule has 0 saturated carbocycles. The fourth-order valence-electron chi connectivity index (χ4n) is 4.28. The van der Waals surface area contributed by atoms with Crippen molar-refractivity contribution in [3.63, 3.8) is 0 Å². The molecule has 0 atom stereocenters. The van der Waals surface area contributed by atoms with Crippen LogP contribution in [0.15, 0.2) is 88.6 Å². The van der Waals surface area contributed by atoms with Crippen molar-refractivity contribution in [2.24, 2.45) is 5.10 Å². The number of allylic oxidation sites excluding steroid dienone is 2. The van der Waals surface area contributed by atoms with Crippen molar-refractivity contribution < 1.29 is 26.5 Å². The zero-order valence-corrected chi connectivity index (χ0v) is 23.3. The van der Waals surface area contributed by atoms with Crippen LogP contribution in [0, 0.1) is 10.1 Å².